The summed E-state index contributed by atoms with van der Waals surface area (Å²) in [7, 11) is 1.53. The Balaban J connectivity index is 1.71. The lowest BCUT2D eigenvalue weighted by atomic mass is 9.92. The highest BCUT2D eigenvalue weighted by Gasteiger charge is 2.49. The van der Waals surface area contributed by atoms with Crippen LogP contribution in [0.3, 0.4) is 0 Å². The van der Waals surface area contributed by atoms with Gasteiger partial charge < -0.3 is 24.8 Å². The predicted molar refractivity (Wildman–Crippen MR) is 80.2 cm³/mol. The molecule has 2 saturated heterocycles. The first kappa shape index (κ1) is 16.2. The summed E-state index contributed by atoms with van der Waals surface area (Å²) < 4.78 is 10.3. The van der Waals surface area contributed by atoms with E-state index in [-0.39, 0.29) is 6.54 Å². The Morgan fingerprint density at radius 1 is 1.17 bits per heavy atom. The molecular weight excluding hydrogens is 302 g/mol. The van der Waals surface area contributed by atoms with Crippen LogP contribution in [0.2, 0.25) is 0 Å². The van der Waals surface area contributed by atoms with Gasteiger partial charge in [-0.2, -0.15) is 0 Å². The Morgan fingerprint density at radius 3 is 2.52 bits per heavy atom. The Labute approximate surface area is 134 Å². The van der Waals surface area contributed by atoms with Crippen molar-refractivity contribution in [3.63, 3.8) is 0 Å². The number of aliphatic hydroxyl groups excluding tert-OH is 3. The molecule has 23 heavy (non-hydrogen) atoms. The summed E-state index contributed by atoms with van der Waals surface area (Å²) in [6.45, 7) is 0.873. The average molecular weight is 323 g/mol. The topological polar surface area (TPSA) is 99.5 Å². The Bertz CT molecular complexity index is 562. The lowest BCUT2D eigenvalue weighted by Crippen LogP contribution is -2.62. The molecule has 0 unspecified atom stereocenters. The van der Waals surface area contributed by atoms with Gasteiger partial charge in [-0.15, -0.1) is 0 Å². The smallest absolute Gasteiger partial charge is 0.338 e. The largest absolute Gasteiger partial charge is 0.497 e. The van der Waals surface area contributed by atoms with Gasteiger partial charge >= 0.3 is 5.97 Å². The highest BCUT2D eigenvalue weighted by molar-refractivity contribution is 5.89. The van der Waals surface area contributed by atoms with Gasteiger partial charge in [-0.3, -0.25) is 4.90 Å². The predicted octanol–water partition coefficient (Wildman–Crippen LogP) is -0.609. The number of esters is 1. The number of carbonyl (C=O) groups is 1. The molecule has 0 aliphatic carbocycles. The molecule has 2 aliphatic rings. The van der Waals surface area contributed by atoms with Gasteiger partial charge in [0.05, 0.1) is 24.8 Å². The van der Waals surface area contributed by atoms with Gasteiger partial charge in [0.25, 0.3) is 0 Å². The number of ether oxygens (including phenoxy) is 2. The second-order valence-corrected chi connectivity index (χ2v) is 6.00. The number of carbonyl (C=O) groups excluding carboxylic acids is 1. The van der Waals surface area contributed by atoms with Gasteiger partial charge in [0.1, 0.15) is 18.0 Å². The molecule has 0 radical (unpaired) electrons. The maximum atomic E-state index is 12.2. The first-order valence-electron chi connectivity index (χ1n) is 7.64. The molecule has 7 nitrogen and oxygen atoms in total. The highest BCUT2D eigenvalue weighted by atomic mass is 16.6. The third-order valence-electron chi connectivity index (χ3n) is 4.58. The molecule has 1 aromatic rings. The molecule has 3 N–H and O–H groups in total. The fourth-order valence-electron chi connectivity index (χ4n) is 3.35. The minimum atomic E-state index is -1.13. The van der Waals surface area contributed by atoms with Gasteiger partial charge in [-0.1, -0.05) is 0 Å². The maximum Gasteiger partial charge on any atom is 0.338 e. The molecule has 2 fully saturated rings. The van der Waals surface area contributed by atoms with Gasteiger partial charge in [0.15, 0.2) is 6.10 Å². The van der Waals surface area contributed by atoms with E-state index in [2.05, 4.69) is 0 Å². The Kier molecular flexibility index (Phi) is 4.54. The number of nitrogens with zero attached hydrogens (tertiary/aromatic N) is 1. The van der Waals surface area contributed by atoms with E-state index in [9.17, 15) is 20.1 Å². The molecule has 3 rings (SSSR count). The average Bonchev–Trinajstić information content (AvgIpc) is 2.92. The minimum Gasteiger partial charge on any atom is -0.497 e. The zero-order valence-electron chi connectivity index (χ0n) is 12.8. The van der Waals surface area contributed by atoms with E-state index in [1.165, 1.54) is 7.11 Å². The van der Waals surface area contributed by atoms with Crippen molar-refractivity contribution in [3.8, 4) is 5.75 Å². The van der Waals surface area contributed by atoms with E-state index in [1.54, 1.807) is 24.3 Å². The van der Waals surface area contributed by atoms with Crippen LogP contribution >= 0.6 is 0 Å². The van der Waals surface area contributed by atoms with E-state index in [4.69, 9.17) is 9.47 Å². The molecule has 126 valence electrons. The Hall–Kier alpha value is -1.67. The summed E-state index contributed by atoms with van der Waals surface area (Å²) in [6.07, 6.45) is -3.32. The quantitative estimate of drug-likeness (QED) is 0.638. The second kappa shape index (κ2) is 6.45. The zero-order valence-corrected chi connectivity index (χ0v) is 12.8. The van der Waals surface area contributed by atoms with Crippen LogP contribution in [0.25, 0.3) is 0 Å². The summed E-state index contributed by atoms with van der Waals surface area (Å²) >= 11 is 0. The third-order valence-corrected chi connectivity index (χ3v) is 4.58. The molecular formula is C16H21NO6. The number of piperidine rings is 1. The van der Waals surface area contributed by atoms with Crippen LogP contribution in [-0.2, 0) is 4.74 Å². The number of hydrogen-bond donors (Lipinski definition) is 3. The van der Waals surface area contributed by atoms with Gasteiger partial charge in [-0.25, -0.2) is 4.79 Å². The fraction of sp³-hybridized carbons (Fsp3) is 0.562. The van der Waals surface area contributed by atoms with Gasteiger partial charge in [0, 0.05) is 13.1 Å². The maximum absolute atomic E-state index is 12.2. The standard InChI is InChI=1S/C16H21NO6/c1-22-10-4-2-9(3-5-10)16(21)23-15-12(19)8-17-7-6-11(18)13(17)14(15)20/h2-5,11-15,18-20H,6-8H2,1H3/t11-,12-,13+,14+,15+/m0/s1. The van der Waals surface area contributed by atoms with Gasteiger partial charge in [-0.05, 0) is 30.7 Å². The van der Waals surface area contributed by atoms with Crippen LogP contribution < -0.4 is 4.74 Å². The van der Waals surface area contributed by atoms with Crippen molar-refractivity contribution < 1.29 is 29.6 Å². The first-order valence-corrected chi connectivity index (χ1v) is 7.64. The van der Waals surface area contributed by atoms with Crippen molar-refractivity contribution in [2.75, 3.05) is 20.2 Å². The number of rotatable bonds is 3. The molecule has 1 aromatic carbocycles. The molecule has 0 aromatic heterocycles. The van der Waals surface area contributed by atoms with Crippen LogP contribution in [0.15, 0.2) is 24.3 Å². The molecule has 2 aliphatic heterocycles. The highest BCUT2D eigenvalue weighted by Crippen LogP contribution is 2.30. The second-order valence-electron chi connectivity index (χ2n) is 6.00. The molecule has 7 heteroatoms. The van der Waals surface area contributed by atoms with Crippen LogP contribution in [0.4, 0.5) is 0 Å². The van der Waals surface area contributed by atoms with E-state index >= 15 is 0 Å². The molecule has 0 spiro atoms. The summed E-state index contributed by atoms with van der Waals surface area (Å²) in [5, 5.41) is 30.5. The van der Waals surface area contributed by atoms with Crippen LogP contribution in [0, 0.1) is 0 Å². The third kappa shape index (κ3) is 3.05. The number of aliphatic hydroxyl groups is 3. The molecule has 0 saturated carbocycles. The zero-order chi connectivity index (χ0) is 16.6. The van der Waals surface area contributed by atoms with Crippen LogP contribution in [0.5, 0.6) is 5.75 Å². The monoisotopic (exact) mass is 323 g/mol. The minimum absolute atomic E-state index is 0.263. The summed E-state index contributed by atoms with van der Waals surface area (Å²) in [5.74, 6) is -0.0132. The SMILES string of the molecule is COc1ccc(C(=O)O[C@H]2[C@H](O)[C@H]3[C@@H](O)CCN3C[C@@H]2O)cc1. The van der Waals surface area contributed by atoms with Crippen molar-refractivity contribution in [1.29, 1.82) is 0 Å². The van der Waals surface area contributed by atoms with Gasteiger partial charge in [0.2, 0.25) is 0 Å². The van der Waals surface area contributed by atoms with Crippen molar-refractivity contribution in [1.82, 2.24) is 4.90 Å². The van der Waals surface area contributed by atoms with E-state index < -0.39 is 36.4 Å². The van der Waals surface area contributed by atoms with Crippen molar-refractivity contribution >= 4 is 5.97 Å². The lowest BCUT2D eigenvalue weighted by molar-refractivity contribution is -0.144. The van der Waals surface area contributed by atoms with Crippen molar-refractivity contribution in [2.24, 2.45) is 0 Å². The summed E-state index contributed by atoms with van der Waals surface area (Å²) in [5.41, 5.74) is 0.305. The van der Waals surface area contributed by atoms with Crippen LogP contribution in [-0.4, -0.2) is 76.8 Å². The van der Waals surface area contributed by atoms with E-state index in [0.29, 0.717) is 24.3 Å². The van der Waals surface area contributed by atoms with E-state index in [0.717, 1.165) is 0 Å². The first-order chi connectivity index (χ1) is 11.0. The summed E-state index contributed by atoms with van der Waals surface area (Å²) in [6, 6.07) is 5.87. The molecule has 0 bridgehead atoms. The Morgan fingerprint density at radius 2 is 1.87 bits per heavy atom. The fourth-order valence-corrected chi connectivity index (χ4v) is 3.35. The van der Waals surface area contributed by atoms with Crippen LogP contribution in [0.1, 0.15) is 16.8 Å². The van der Waals surface area contributed by atoms with Crippen molar-refractivity contribution in [2.45, 2.75) is 36.9 Å². The number of hydrogen-bond acceptors (Lipinski definition) is 7. The summed E-state index contributed by atoms with van der Waals surface area (Å²) in [4.78, 5) is 14.0. The van der Waals surface area contributed by atoms with Crippen molar-refractivity contribution in [3.05, 3.63) is 29.8 Å². The lowest BCUT2D eigenvalue weighted by Gasteiger charge is -2.42. The molecule has 5 atom stereocenters. The number of fused-ring (bicyclic) bond motifs is 1. The molecule has 2 heterocycles. The normalized spacial score (nSPS) is 34.0. The molecule has 0 amide bonds. The van der Waals surface area contributed by atoms with E-state index in [1.807, 2.05) is 4.90 Å². The number of benzene rings is 1. The number of methoxy groups -OCH3 is 1.